The Morgan fingerprint density at radius 3 is 2.72 bits per heavy atom. The van der Waals surface area contributed by atoms with Crippen molar-refractivity contribution < 1.29 is 13.5 Å². The van der Waals surface area contributed by atoms with Gasteiger partial charge in [-0.1, -0.05) is 0 Å². The summed E-state index contributed by atoms with van der Waals surface area (Å²) in [4.78, 5) is 3.99. The molecule has 0 spiro atoms. The average molecular weight is 335 g/mol. The molecule has 0 aliphatic rings. The zero-order valence-electron chi connectivity index (χ0n) is 8.96. The van der Waals surface area contributed by atoms with Crippen LogP contribution in [-0.4, -0.2) is 4.98 Å². The molecule has 6 heteroatoms. The van der Waals surface area contributed by atoms with Crippen LogP contribution in [0.4, 0.5) is 8.78 Å². The van der Waals surface area contributed by atoms with Gasteiger partial charge in [-0.15, -0.1) is 11.6 Å². The molecule has 0 aliphatic heterocycles. The fourth-order valence-electron chi connectivity index (χ4n) is 1.32. The molecule has 0 unspecified atom stereocenters. The first-order chi connectivity index (χ1) is 8.60. The number of ether oxygens (including phenoxy) is 1. The van der Waals surface area contributed by atoms with Crippen LogP contribution in [0.5, 0.6) is 11.6 Å². The first-order valence-electron chi connectivity index (χ1n) is 4.93. The molecule has 0 N–H and O–H groups in total. The van der Waals surface area contributed by atoms with E-state index in [0.717, 1.165) is 16.6 Å². The largest absolute Gasteiger partial charge is 0.436 e. The standard InChI is InChI=1S/C12H7BrClF2NO/c13-8-3-7(5-14)12(17-6-8)18-11-2-1-9(15)4-10(11)16/h1-4,6H,5H2. The van der Waals surface area contributed by atoms with Crippen molar-refractivity contribution in [3.63, 3.8) is 0 Å². The molecule has 0 atom stereocenters. The second-order valence-corrected chi connectivity index (χ2v) is 4.61. The number of hydrogen-bond donors (Lipinski definition) is 0. The maximum atomic E-state index is 13.4. The Bertz CT molecular complexity index is 580. The van der Waals surface area contributed by atoms with Gasteiger partial charge in [0.2, 0.25) is 5.88 Å². The van der Waals surface area contributed by atoms with Crippen LogP contribution in [0.2, 0.25) is 0 Å². The molecule has 18 heavy (non-hydrogen) atoms. The molecule has 0 radical (unpaired) electrons. The quantitative estimate of drug-likeness (QED) is 0.762. The molecule has 0 saturated carbocycles. The van der Waals surface area contributed by atoms with E-state index in [1.165, 1.54) is 12.3 Å². The van der Waals surface area contributed by atoms with Crippen molar-refractivity contribution in [1.82, 2.24) is 4.98 Å². The Hall–Kier alpha value is -1.20. The lowest BCUT2D eigenvalue weighted by Crippen LogP contribution is -1.95. The van der Waals surface area contributed by atoms with E-state index < -0.39 is 11.6 Å². The predicted octanol–water partition coefficient (Wildman–Crippen LogP) is 4.65. The van der Waals surface area contributed by atoms with Gasteiger partial charge in [-0.25, -0.2) is 13.8 Å². The van der Waals surface area contributed by atoms with Gasteiger partial charge in [-0.2, -0.15) is 0 Å². The van der Waals surface area contributed by atoms with Crippen LogP contribution in [0.25, 0.3) is 0 Å². The summed E-state index contributed by atoms with van der Waals surface area (Å²) in [6.07, 6.45) is 1.51. The van der Waals surface area contributed by atoms with Crippen molar-refractivity contribution in [3.8, 4) is 11.6 Å². The summed E-state index contributed by atoms with van der Waals surface area (Å²) < 4.78 is 32.2. The lowest BCUT2D eigenvalue weighted by molar-refractivity contribution is 0.420. The Morgan fingerprint density at radius 1 is 1.28 bits per heavy atom. The molecule has 0 bridgehead atoms. The van der Waals surface area contributed by atoms with Gasteiger partial charge in [0.05, 0.1) is 5.88 Å². The van der Waals surface area contributed by atoms with E-state index in [-0.39, 0.29) is 17.5 Å². The minimum Gasteiger partial charge on any atom is -0.436 e. The fourth-order valence-corrected chi connectivity index (χ4v) is 1.89. The Balaban J connectivity index is 2.33. The fraction of sp³-hybridized carbons (Fsp3) is 0.0833. The molecule has 1 aromatic carbocycles. The van der Waals surface area contributed by atoms with E-state index in [4.69, 9.17) is 16.3 Å². The lowest BCUT2D eigenvalue weighted by Gasteiger charge is -2.09. The van der Waals surface area contributed by atoms with Crippen LogP contribution >= 0.6 is 27.5 Å². The number of aromatic nitrogens is 1. The van der Waals surface area contributed by atoms with Gasteiger partial charge in [-0.05, 0) is 34.1 Å². The first-order valence-corrected chi connectivity index (χ1v) is 6.26. The monoisotopic (exact) mass is 333 g/mol. The van der Waals surface area contributed by atoms with Crippen LogP contribution in [-0.2, 0) is 5.88 Å². The van der Waals surface area contributed by atoms with E-state index in [1.807, 2.05) is 0 Å². The molecule has 1 heterocycles. The number of halogens is 4. The number of hydrogen-bond acceptors (Lipinski definition) is 2. The second-order valence-electron chi connectivity index (χ2n) is 3.43. The second kappa shape index (κ2) is 5.63. The van der Waals surface area contributed by atoms with E-state index in [1.54, 1.807) is 6.07 Å². The summed E-state index contributed by atoms with van der Waals surface area (Å²) in [6, 6.07) is 4.77. The summed E-state index contributed by atoms with van der Waals surface area (Å²) in [5.74, 6) is -1.19. The molecule has 0 fully saturated rings. The van der Waals surface area contributed by atoms with Gasteiger partial charge >= 0.3 is 0 Å². The molecule has 0 amide bonds. The number of rotatable bonds is 3. The summed E-state index contributed by atoms with van der Waals surface area (Å²) in [5, 5.41) is 0. The van der Waals surface area contributed by atoms with Crippen LogP contribution in [0.15, 0.2) is 34.9 Å². The van der Waals surface area contributed by atoms with Crippen LogP contribution in [0.1, 0.15) is 5.56 Å². The molecule has 1 aromatic heterocycles. The van der Waals surface area contributed by atoms with Gasteiger partial charge in [0, 0.05) is 22.3 Å². The Morgan fingerprint density at radius 2 is 2.06 bits per heavy atom. The number of benzene rings is 1. The van der Waals surface area contributed by atoms with Crippen molar-refractivity contribution in [2.75, 3.05) is 0 Å². The molecule has 2 aromatic rings. The Labute approximate surface area is 116 Å². The molecular weight excluding hydrogens is 327 g/mol. The third kappa shape index (κ3) is 2.97. The third-order valence-electron chi connectivity index (χ3n) is 2.14. The Kier molecular flexibility index (Phi) is 4.14. The zero-order chi connectivity index (χ0) is 13.1. The summed E-state index contributed by atoms with van der Waals surface area (Å²) in [5.41, 5.74) is 0.606. The highest BCUT2D eigenvalue weighted by atomic mass is 79.9. The smallest absolute Gasteiger partial charge is 0.223 e. The maximum Gasteiger partial charge on any atom is 0.223 e. The van der Waals surface area contributed by atoms with Gasteiger partial charge in [-0.3, -0.25) is 0 Å². The van der Waals surface area contributed by atoms with Crippen molar-refractivity contribution in [1.29, 1.82) is 0 Å². The van der Waals surface area contributed by atoms with Gasteiger partial charge < -0.3 is 4.74 Å². The van der Waals surface area contributed by atoms with Crippen molar-refractivity contribution in [2.24, 2.45) is 0 Å². The van der Waals surface area contributed by atoms with Crippen LogP contribution < -0.4 is 4.74 Å². The minimum absolute atomic E-state index is 0.0995. The predicted molar refractivity (Wildman–Crippen MR) is 67.9 cm³/mol. The normalized spacial score (nSPS) is 10.4. The maximum absolute atomic E-state index is 13.4. The van der Waals surface area contributed by atoms with Crippen molar-refractivity contribution >= 4 is 27.5 Å². The molecule has 2 rings (SSSR count). The molecule has 0 aliphatic carbocycles. The molecular formula is C12H7BrClF2NO. The summed E-state index contributed by atoms with van der Waals surface area (Å²) in [6.45, 7) is 0. The first kappa shape index (κ1) is 13.2. The van der Waals surface area contributed by atoms with E-state index in [0.29, 0.717) is 5.56 Å². The molecule has 2 nitrogen and oxygen atoms in total. The number of alkyl halides is 1. The van der Waals surface area contributed by atoms with E-state index in [9.17, 15) is 8.78 Å². The highest BCUT2D eigenvalue weighted by molar-refractivity contribution is 9.10. The highest BCUT2D eigenvalue weighted by Crippen LogP contribution is 2.28. The van der Waals surface area contributed by atoms with E-state index in [2.05, 4.69) is 20.9 Å². The SMILES string of the molecule is Fc1ccc(Oc2ncc(Br)cc2CCl)c(F)c1. The third-order valence-corrected chi connectivity index (χ3v) is 2.86. The lowest BCUT2D eigenvalue weighted by atomic mass is 10.3. The van der Waals surface area contributed by atoms with E-state index >= 15 is 0 Å². The summed E-state index contributed by atoms with van der Waals surface area (Å²) >= 11 is 8.99. The summed E-state index contributed by atoms with van der Waals surface area (Å²) in [7, 11) is 0. The number of nitrogens with zero attached hydrogens (tertiary/aromatic N) is 1. The van der Waals surface area contributed by atoms with Crippen LogP contribution in [0, 0.1) is 11.6 Å². The average Bonchev–Trinajstić information content (AvgIpc) is 2.34. The number of pyridine rings is 1. The van der Waals surface area contributed by atoms with Gasteiger partial charge in [0.15, 0.2) is 11.6 Å². The van der Waals surface area contributed by atoms with Gasteiger partial charge in [0.25, 0.3) is 0 Å². The van der Waals surface area contributed by atoms with Crippen molar-refractivity contribution in [2.45, 2.75) is 5.88 Å². The highest BCUT2D eigenvalue weighted by Gasteiger charge is 2.10. The van der Waals surface area contributed by atoms with Crippen LogP contribution in [0.3, 0.4) is 0 Å². The van der Waals surface area contributed by atoms with Gasteiger partial charge in [0.1, 0.15) is 5.82 Å². The minimum atomic E-state index is -0.791. The molecule has 94 valence electrons. The topological polar surface area (TPSA) is 22.1 Å². The zero-order valence-corrected chi connectivity index (χ0v) is 11.3. The molecule has 0 saturated heterocycles. The van der Waals surface area contributed by atoms with Crippen molar-refractivity contribution in [3.05, 3.63) is 52.1 Å².